The number of carbonyl (C=O) groups is 2. The van der Waals surface area contributed by atoms with Gasteiger partial charge in [0.1, 0.15) is 5.60 Å². The van der Waals surface area contributed by atoms with Gasteiger partial charge in [-0.25, -0.2) is 0 Å². The lowest BCUT2D eigenvalue weighted by Gasteiger charge is -2.63. The van der Waals surface area contributed by atoms with Crippen LogP contribution in [0.5, 0.6) is 0 Å². The molecule has 4 unspecified atom stereocenters. The lowest BCUT2D eigenvalue weighted by molar-refractivity contribution is -0.207. The average molecular weight is 358 g/mol. The molecule has 0 aromatic carbocycles. The number of hydrogen-bond donors (Lipinski definition) is 0. The van der Waals surface area contributed by atoms with E-state index in [2.05, 4.69) is 27.7 Å². The smallest absolute Gasteiger partial charge is 0.227 e. The van der Waals surface area contributed by atoms with E-state index in [1.807, 2.05) is 0 Å². The predicted molar refractivity (Wildman–Crippen MR) is 98.2 cm³/mol. The second-order valence-corrected chi connectivity index (χ2v) is 9.67. The molecule has 26 heavy (non-hydrogen) atoms. The van der Waals surface area contributed by atoms with Gasteiger partial charge in [0.2, 0.25) is 11.6 Å². The van der Waals surface area contributed by atoms with Crippen LogP contribution in [0.15, 0.2) is 23.2 Å². The number of allylic oxidation sites excluding steroid dienone is 2. The van der Waals surface area contributed by atoms with Gasteiger partial charge in [-0.3, -0.25) is 9.59 Å². The van der Waals surface area contributed by atoms with Crippen molar-refractivity contribution in [1.29, 1.82) is 0 Å². The van der Waals surface area contributed by atoms with Crippen LogP contribution in [0.2, 0.25) is 0 Å². The zero-order valence-electron chi connectivity index (χ0n) is 16.6. The Balaban J connectivity index is 1.77. The lowest BCUT2D eigenvalue weighted by Crippen LogP contribution is -2.62. The SMILES string of the molecule is COC1=CC(=O)C2=C(CC3(O2)C(C)CCC2C(C)(C)CCCC23C)C1=O. The molecule has 4 heteroatoms. The lowest BCUT2D eigenvalue weighted by atomic mass is 9.44. The molecule has 4 aliphatic rings. The van der Waals surface area contributed by atoms with Crippen molar-refractivity contribution in [2.75, 3.05) is 7.11 Å². The summed E-state index contributed by atoms with van der Waals surface area (Å²) in [6, 6.07) is 0. The minimum Gasteiger partial charge on any atom is -0.493 e. The summed E-state index contributed by atoms with van der Waals surface area (Å²) in [7, 11) is 1.44. The largest absolute Gasteiger partial charge is 0.493 e. The first-order valence-electron chi connectivity index (χ1n) is 9.93. The van der Waals surface area contributed by atoms with Gasteiger partial charge in [0.25, 0.3) is 0 Å². The minimum absolute atomic E-state index is 0.0302. The number of Topliss-reactive ketones (excluding diaryl/α,β-unsaturated/α-hetero) is 1. The molecule has 0 radical (unpaired) electrons. The zero-order chi connectivity index (χ0) is 18.9. The van der Waals surface area contributed by atoms with E-state index < -0.39 is 5.60 Å². The summed E-state index contributed by atoms with van der Waals surface area (Å²) in [5, 5.41) is 0. The van der Waals surface area contributed by atoms with Crippen molar-refractivity contribution in [3.8, 4) is 0 Å². The van der Waals surface area contributed by atoms with Crippen molar-refractivity contribution in [1.82, 2.24) is 0 Å². The van der Waals surface area contributed by atoms with E-state index in [0.29, 0.717) is 23.8 Å². The molecule has 2 saturated carbocycles. The molecule has 0 aromatic heterocycles. The number of methoxy groups -OCH3 is 1. The molecule has 2 fully saturated rings. The molecule has 4 nitrogen and oxygen atoms in total. The summed E-state index contributed by atoms with van der Waals surface area (Å²) >= 11 is 0. The quantitative estimate of drug-likeness (QED) is 0.654. The molecule has 0 N–H and O–H groups in total. The highest BCUT2D eigenvalue weighted by molar-refractivity contribution is 6.21. The summed E-state index contributed by atoms with van der Waals surface area (Å²) in [5.41, 5.74) is 0.306. The highest BCUT2D eigenvalue weighted by Crippen LogP contribution is 2.67. The Bertz CT molecular complexity index is 743. The molecular weight excluding hydrogens is 328 g/mol. The Morgan fingerprint density at radius 3 is 2.58 bits per heavy atom. The van der Waals surface area contributed by atoms with Crippen molar-refractivity contribution < 1.29 is 19.1 Å². The monoisotopic (exact) mass is 358 g/mol. The summed E-state index contributed by atoms with van der Waals surface area (Å²) in [6.07, 6.45) is 7.61. The molecule has 3 aliphatic carbocycles. The number of ketones is 2. The van der Waals surface area contributed by atoms with Crippen molar-refractivity contribution in [2.24, 2.45) is 22.7 Å². The van der Waals surface area contributed by atoms with Crippen LogP contribution in [-0.4, -0.2) is 24.3 Å². The minimum atomic E-state index is -0.458. The molecule has 0 saturated heterocycles. The van der Waals surface area contributed by atoms with E-state index in [1.54, 1.807) is 0 Å². The van der Waals surface area contributed by atoms with E-state index in [4.69, 9.17) is 9.47 Å². The first-order valence-corrected chi connectivity index (χ1v) is 9.93. The van der Waals surface area contributed by atoms with Crippen LogP contribution in [0.3, 0.4) is 0 Å². The van der Waals surface area contributed by atoms with Gasteiger partial charge >= 0.3 is 0 Å². The van der Waals surface area contributed by atoms with Crippen LogP contribution < -0.4 is 0 Å². The first kappa shape index (κ1) is 17.8. The van der Waals surface area contributed by atoms with Crippen molar-refractivity contribution in [3.05, 3.63) is 23.2 Å². The van der Waals surface area contributed by atoms with E-state index in [1.165, 1.54) is 32.4 Å². The summed E-state index contributed by atoms with van der Waals surface area (Å²) in [6.45, 7) is 9.34. The van der Waals surface area contributed by atoms with Gasteiger partial charge in [-0.1, -0.05) is 34.1 Å². The van der Waals surface area contributed by atoms with Crippen LogP contribution >= 0.6 is 0 Å². The van der Waals surface area contributed by atoms with E-state index >= 15 is 0 Å². The molecule has 0 amide bonds. The molecule has 4 atom stereocenters. The topological polar surface area (TPSA) is 52.6 Å². The maximum absolute atomic E-state index is 12.8. The summed E-state index contributed by atoms with van der Waals surface area (Å²) in [4.78, 5) is 25.4. The molecule has 0 aromatic rings. The van der Waals surface area contributed by atoms with Crippen molar-refractivity contribution in [2.45, 2.75) is 71.8 Å². The molecule has 0 bridgehead atoms. The maximum atomic E-state index is 12.8. The third-order valence-corrected chi connectivity index (χ3v) is 8.08. The number of carbonyl (C=O) groups excluding carboxylic acids is 2. The Kier molecular flexibility index (Phi) is 3.74. The van der Waals surface area contributed by atoms with Gasteiger partial charge in [0.15, 0.2) is 11.5 Å². The fourth-order valence-corrected chi connectivity index (χ4v) is 6.70. The molecule has 4 rings (SSSR count). The second kappa shape index (κ2) is 5.46. The number of rotatable bonds is 1. The van der Waals surface area contributed by atoms with Crippen LogP contribution in [-0.2, 0) is 19.1 Å². The van der Waals surface area contributed by atoms with Crippen LogP contribution in [0.1, 0.15) is 66.2 Å². The van der Waals surface area contributed by atoms with Crippen molar-refractivity contribution in [3.63, 3.8) is 0 Å². The third kappa shape index (κ3) is 2.07. The maximum Gasteiger partial charge on any atom is 0.227 e. The summed E-state index contributed by atoms with van der Waals surface area (Å²) in [5.74, 6) is 0.890. The zero-order valence-corrected chi connectivity index (χ0v) is 16.6. The Morgan fingerprint density at radius 1 is 1.15 bits per heavy atom. The highest BCUT2D eigenvalue weighted by Gasteiger charge is 2.66. The molecule has 1 heterocycles. The molecular formula is C22H30O4. The van der Waals surface area contributed by atoms with E-state index in [0.717, 1.165) is 12.8 Å². The van der Waals surface area contributed by atoms with Crippen LogP contribution in [0.4, 0.5) is 0 Å². The fourth-order valence-electron chi connectivity index (χ4n) is 6.70. The normalized spacial score (nSPS) is 41.5. The van der Waals surface area contributed by atoms with Crippen LogP contribution in [0, 0.1) is 22.7 Å². The number of fused-ring (bicyclic) bond motifs is 2. The Hall–Kier alpha value is -1.58. The molecule has 1 spiro atoms. The van der Waals surface area contributed by atoms with E-state index in [-0.39, 0.29) is 33.9 Å². The highest BCUT2D eigenvalue weighted by atomic mass is 16.5. The van der Waals surface area contributed by atoms with Gasteiger partial charge in [-0.2, -0.15) is 0 Å². The van der Waals surface area contributed by atoms with Gasteiger partial charge in [-0.15, -0.1) is 0 Å². The standard InChI is InChI=1S/C22H30O4/c1-13-7-8-17-20(2,3)9-6-10-21(17,4)22(13)12-14-18(24)16(25-5)11-15(23)19(14)26-22/h11,13,17H,6-10,12H2,1-5H3. The predicted octanol–water partition coefficient (Wildman–Crippen LogP) is 4.34. The second-order valence-electron chi connectivity index (χ2n) is 9.67. The van der Waals surface area contributed by atoms with Gasteiger partial charge in [0, 0.05) is 17.9 Å². The van der Waals surface area contributed by atoms with Gasteiger partial charge < -0.3 is 9.47 Å². The van der Waals surface area contributed by atoms with Crippen LogP contribution in [0.25, 0.3) is 0 Å². The molecule has 1 aliphatic heterocycles. The Morgan fingerprint density at radius 2 is 1.88 bits per heavy atom. The first-order chi connectivity index (χ1) is 12.2. The third-order valence-electron chi connectivity index (χ3n) is 8.08. The van der Waals surface area contributed by atoms with Gasteiger partial charge in [-0.05, 0) is 42.9 Å². The average Bonchev–Trinajstić information content (AvgIpc) is 2.99. The number of ether oxygens (including phenoxy) is 2. The summed E-state index contributed by atoms with van der Waals surface area (Å²) < 4.78 is 11.7. The number of hydrogen-bond acceptors (Lipinski definition) is 4. The van der Waals surface area contributed by atoms with Gasteiger partial charge in [0.05, 0.1) is 12.7 Å². The van der Waals surface area contributed by atoms with E-state index in [9.17, 15) is 9.59 Å². The molecule has 142 valence electrons. The van der Waals surface area contributed by atoms with Crippen molar-refractivity contribution >= 4 is 11.6 Å². The fraction of sp³-hybridized carbons (Fsp3) is 0.727. The Labute approximate surface area is 156 Å².